The summed E-state index contributed by atoms with van der Waals surface area (Å²) in [6.45, 7) is 3.51. The Kier molecular flexibility index (Phi) is 3.05. The minimum Gasteiger partial charge on any atom is -0.481 e. The van der Waals surface area contributed by atoms with Gasteiger partial charge in [0.05, 0.1) is 23.5 Å². The van der Waals surface area contributed by atoms with Crippen LogP contribution in [-0.2, 0) is 9.59 Å². The van der Waals surface area contributed by atoms with Gasteiger partial charge in [-0.3, -0.25) is 14.4 Å². The molecule has 0 spiro atoms. The van der Waals surface area contributed by atoms with Gasteiger partial charge in [0.1, 0.15) is 5.58 Å². The molecular formula is C16H15NO5. The summed E-state index contributed by atoms with van der Waals surface area (Å²) in [4.78, 5) is 35.1. The summed E-state index contributed by atoms with van der Waals surface area (Å²) in [5, 5.41) is 12.2. The average Bonchev–Trinajstić information content (AvgIpc) is 3.03. The van der Waals surface area contributed by atoms with E-state index in [1.165, 1.54) is 18.4 Å². The number of carboxylic acids is 1. The number of hydrogen-bond acceptors (Lipinski definition) is 4. The molecule has 3 rings (SSSR count). The lowest BCUT2D eigenvalue weighted by Crippen LogP contribution is -2.17. The number of amides is 1. The zero-order valence-corrected chi connectivity index (χ0v) is 12.1. The Hall–Kier alpha value is -2.63. The first-order valence-corrected chi connectivity index (χ1v) is 6.87. The molecule has 1 fully saturated rings. The minimum absolute atomic E-state index is 0.201. The first-order chi connectivity index (χ1) is 10.3. The van der Waals surface area contributed by atoms with Crippen LogP contribution in [0.3, 0.4) is 0 Å². The molecule has 1 aromatic heterocycles. The number of nitrogens with one attached hydrogen (secondary N) is 1. The van der Waals surface area contributed by atoms with Gasteiger partial charge in [-0.2, -0.15) is 0 Å². The van der Waals surface area contributed by atoms with E-state index >= 15 is 0 Å². The highest BCUT2D eigenvalue weighted by Crippen LogP contribution is 2.58. The van der Waals surface area contributed by atoms with E-state index in [4.69, 9.17) is 9.52 Å². The maximum absolute atomic E-state index is 12.3. The molecule has 0 aliphatic heterocycles. The van der Waals surface area contributed by atoms with Crippen molar-refractivity contribution in [1.82, 2.24) is 0 Å². The van der Waals surface area contributed by atoms with Crippen molar-refractivity contribution in [3.05, 3.63) is 40.8 Å². The fraction of sp³-hybridized carbons (Fsp3) is 0.312. The van der Waals surface area contributed by atoms with Crippen LogP contribution in [0.5, 0.6) is 0 Å². The molecule has 2 aromatic rings. The van der Waals surface area contributed by atoms with Crippen LogP contribution in [0.4, 0.5) is 5.69 Å². The number of carbonyl (C=O) groups excluding carboxylic acids is 1. The molecule has 6 heteroatoms. The largest absolute Gasteiger partial charge is 0.481 e. The summed E-state index contributed by atoms with van der Waals surface area (Å²) >= 11 is 0. The third-order valence-corrected chi connectivity index (χ3v) is 4.30. The molecule has 114 valence electrons. The molecule has 1 aliphatic rings. The number of aliphatic carboxylic acids is 1. The monoisotopic (exact) mass is 301 g/mol. The topological polar surface area (TPSA) is 96.6 Å². The van der Waals surface area contributed by atoms with Gasteiger partial charge in [-0.05, 0) is 23.6 Å². The van der Waals surface area contributed by atoms with E-state index in [1.807, 2.05) is 0 Å². The van der Waals surface area contributed by atoms with Gasteiger partial charge in [-0.1, -0.05) is 13.8 Å². The summed E-state index contributed by atoms with van der Waals surface area (Å²) in [5.74, 6) is -2.58. The fourth-order valence-electron chi connectivity index (χ4n) is 2.97. The average molecular weight is 301 g/mol. The Morgan fingerprint density at radius 2 is 1.95 bits per heavy atom. The van der Waals surface area contributed by atoms with Gasteiger partial charge >= 0.3 is 5.97 Å². The molecule has 0 saturated heterocycles. The molecule has 1 saturated carbocycles. The fourth-order valence-corrected chi connectivity index (χ4v) is 2.97. The number of rotatable bonds is 3. The molecule has 1 aromatic carbocycles. The highest BCUT2D eigenvalue weighted by atomic mass is 16.4. The quantitative estimate of drug-likeness (QED) is 0.904. The Bertz CT molecular complexity index is 836. The third-order valence-electron chi connectivity index (χ3n) is 4.30. The number of carboxylic acid groups (broad SMARTS) is 1. The highest BCUT2D eigenvalue weighted by molar-refractivity contribution is 6.00. The summed E-state index contributed by atoms with van der Waals surface area (Å²) in [7, 11) is 0. The normalized spacial score (nSPS) is 22.3. The molecule has 0 radical (unpaired) electrons. The van der Waals surface area contributed by atoms with E-state index in [2.05, 4.69) is 5.32 Å². The first-order valence-electron chi connectivity index (χ1n) is 6.87. The number of fused-ring (bicyclic) bond motifs is 1. The van der Waals surface area contributed by atoms with Crippen LogP contribution < -0.4 is 10.7 Å². The summed E-state index contributed by atoms with van der Waals surface area (Å²) in [5.41, 5.74) is 0.113. The number of anilines is 1. The van der Waals surface area contributed by atoms with Crippen LogP contribution in [0, 0.1) is 17.3 Å². The number of carbonyl (C=O) groups is 2. The van der Waals surface area contributed by atoms with Crippen LogP contribution in [0.1, 0.15) is 13.8 Å². The van der Waals surface area contributed by atoms with Crippen LogP contribution in [0.2, 0.25) is 0 Å². The summed E-state index contributed by atoms with van der Waals surface area (Å²) < 4.78 is 5.20. The van der Waals surface area contributed by atoms with E-state index < -0.39 is 23.2 Å². The highest BCUT2D eigenvalue weighted by Gasteiger charge is 2.65. The van der Waals surface area contributed by atoms with Crippen LogP contribution in [0.25, 0.3) is 11.0 Å². The SMILES string of the molecule is CC1(C)[C@H](C(=O)O)[C@H]1C(=O)Nc1ccc2occc(=O)c2c1. The standard InChI is InChI=1S/C16H15NO5/c1-16(2)12(13(16)15(20)21)14(19)17-8-3-4-11-9(7-8)10(18)5-6-22-11/h3-7,12-13H,1-2H3,(H,17,19)(H,20,21)/t12-,13-/m0/s1. The Balaban J connectivity index is 1.85. The van der Waals surface area contributed by atoms with Gasteiger partial charge in [-0.15, -0.1) is 0 Å². The number of hydrogen-bond donors (Lipinski definition) is 2. The van der Waals surface area contributed by atoms with Crippen molar-refractivity contribution in [3.8, 4) is 0 Å². The molecule has 6 nitrogen and oxygen atoms in total. The minimum atomic E-state index is -0.968. The lowest BCUT2D eigenvalue weighted by atomic mass is 10.1. The van der Waals surface area contributed by atoms with Crippen LogP contribution in [0.15, 0.2) is 39.7 Å². The zero-order chi connectivity index (χ0) is 16.1. The van der Waals surface area contributed by atoms with Crippen LogP contribution >= 0.6 is 0 Å². The Morgan fingerprint density at radius 1 is 1.23 bits per heavy atom. The van der Waals surface area contributed by atoms with Gasteiger partial charge in [-0.25, -0.2) is 0 Å². The molecule has 1 aliphatic carbocycles. The van der Waals surface area contributed by atoms with E-state index in [0.717, 1.165) is 0 Å². The van der Waals surface area contributed by atoms with Crippen molar-refractivity contribution >= 4 is 28.5 Å². The molecule has 2 atom stereocenters. The van der Waals surface area contributed by atoms with Gasteiger partial charge in [0, 0.05) is 11.8 Å². The summed E-state index contributed by atoms with van der Waals surface area (Å²) in [6, 6.07) is 6.05. The summed E-state index contributed by atoms with van der Waals surface area (Å²) in [6.07, 6.45) is 1.31. The van der Waals surface area contributed by atoms with Crippen LogP contribution in [-0.4, -0.2) is 17.0 Å². The molecular weight excluding hydrogens is 286 g/mol. The lowest BCUT2D eigenvalue weighted by Gasteiger charge is -2.06. The second-order valence-corrected chi connectivity index (χ2v) is 6.10. The van der Waals surface area contributed by atoms with Crippen molar-refractivity contribution < 1.29 is 19.1 Å². The van der Waals surface area contributed by atoms with E-state index in [9.17, 15) is 14.4 Å². The van der Waals surface area contributed by atoms with Crippen molar-refractivity contribution in [2.24, 2.45) is 17.3 Å². The predicted octanol–water partition coefficient (Wildman–Crippen LogP) is 2.09. The van der Waals surface area contributed by atoms with Gasteiger partial charge in [0.25, 0.3) is 0 Å². The predicted molar refractivity (Wildman–Crippen MR) is 79.5 cm³/mol. The second kappa shape index (κ2) is 4.69. The van der Waals surface area contributed by atoms with Gasteiger partial charge in [0.15, 0.2) is 5.43 Å². The Labute approximate surface area is 125 Å². The first kappa shape index (κ1) is 14.3. The maximum atomic E-state index is 12.3. The van der Waals surface area contributed by atoms with E-state index in [1.54, 1.807) is 26.0 Å². The van der Waals surface area contributed by atoms with Gasteiger partial charge in [0.2, 0.25) is 5.91 Å². The van der Waals surface area contributed by atoms with Gasteiger partial charge < -0.3 is 14.8 Å². The molecule has 0 bridgehead atoms. The van der Waals surface area contributed by atoms with Crippen molar-refractivity contribution in [2.75, 3.05) is 5.32 Å². The zero-order valence-electron chi connectivity index (χ0n) is 12.1. The smallest absolute Gasteiger partial charge is 0.307 e. The second-order valence-electron chi connectivity index (χ2n) is 6.10. The number of benzene rings is 1. The van der Waals surface area contributed by atoms with Crippen molar-refractivity contribution in [3.63, 3.8) is 0 Å². The molecule has 22 heavy (non-hydrogen) atoms. The molecule has 2 N–H and O–H groups in total. The van der Waals surface area contributed by atoms with E-state index in [-0.39, 0.29) is 11.3 Å². The van der Waals surface area contributed by atoms with Crippen molar-refractivity contribution in [2.45, 2.75) is 13.8 Å². The molecule has 0 unspecified atom stereocenters. The Morgan fingerprint density at radius 3 is 2.59 bits per heavy atom. The van der Waals surface area contributed by atoms with Crippen molar-refractivity contribution in [1.29, 1.82) is 0 Å². The molecule has 1 heterocycles. The van der Waals surface area contributed by atoms with E-state index in [0.29, 0.717) is 16.7 Å². The maximum Gasteiger partial charge on any atom is 0.307 e. The molecule has 1 amide bonds. The third kappa shape index (κ3) is 2.16. The lowest BCUT2D eigenvalue weighted by molar-refractivity contribution is -0.140.